The van der Waals surface area contributed by atoms with Gasteiger partial charge in [0.2, 0.25) is 0 Å². The van der Waals surface area contributed by atoms with Crippen molar-refractivity contribution in [3.8, 4) is 11.5 Å². The number of benzene rings is 3. The summed E-state index contributed by atoms with van der Waals surface area (Å²) in [5.74, 6) is -2.47. The number of Topliss-reactive ketones (excluding diaryl/α,β-unsaturated/α-hetero) is 1. The maximum absolute atomic E-state index is 13.1. The highest BCUT2D eigenvalue weighted by molar-refractivity contribution is 6.52. The monoisotopic (exact) mass is 469 g/mol. The molecule has 0 aliphatic carbocycles. The number of hydrogen-bond donors (Lipinski definition) is 3. The lowest BCUT2D eigenvalue weighted by Crippen LogP contribution is -2.29. The number of phenols is 2. The first-order chi connectivity index (χ1) is 15.2. The summed E-state index contributed by atoms with van der Waals surface area (Å²) in [5.41, 5.74) is 1.35. The standard InChI is InChI=1S/C24H17Cl2NO5/c1-12-2-9-19(29)18(10-12)27-21(13-3-6-15(28)7-4-13)20(23(31)24(27)32)22(30)14-5-8-16(25)17(26)11-14/h2-11,21,28-30H,1H3/b22-20-. The quantitative estimate of drug-likeness (QED) is 0.273. The molecule has 1 fully saturated rings. The van der Waals surface area contributed by atoms with Gasteiger partial charge in [-0.25, -0.2) is 0 Å². The summed E-state index contributed by atoms with van der Waals surface area (Å²) in [6, 6.07) is 13.8. The molecule has 162 valence electrons. The predicted molar refractivity (Wildman–Crippen MR) is 122 cm³/mol. The molecule has 32 heavy (non-hydrogen) atoms. The first kappa shape index (κ1) is 21.7. The molecule has 0 saturated carbocycles. The minimum atomic E-state index is -1.06. The number of ketones is 1. The summed E-state index contributed by atoms with van der Waals surface area (Å²) in [4.78, 5) is 27.4. The van der Waals surface area contributed by atoms with Crippen LogP contribution in [0, 0.1) is 6.92 Å². The fraction of sp³-hybridized carbons (Fsp3) is 0.0833. The van der Waals surface area contributed by atoms with Gasteiger partial charge in [-0.2, -0.15) is 0 Å². The number of aliphatic hydroxyl groups excluding tert-OH is 1. The Morgan fingerprint density at radius 1 is 0.906 bits per heavy atom. The number of aryl methyl sites for hydroxylation is 1. The zero-order valence-electron chi connectivity index (χ0n) is 16.7. The van der Waals surface area contributed by atoms with Crippen LogP contribution in [0.1, 0.15) is 22.7 Å². The molecule has 1 atom stereocenters. The number of rotatable bonds is 3. The Labute approximate surface area is 193 Å². The van der Waals surface area contributed by atoms with Crippen molar-refractivity contribution < 1.29 is 24.9 Å². The van der Waals surface area contributed by atoms with E-state index in [0.29, 0.717) is 5.56 Å². The summed E-state index contributed by atoms with van der Waals surface area (Å²) in [5, 5.41) is 31.7. The SMILES string of the molecule is Cc1ccc(O)c(N2C(=O)C(=O)/C(=C(\O)c3ccc(Cl)c(Cl)c3)C2c2ccc(O)cc2)c1. The van der Waals surface area contributed by atoms with E-state index in [1.165, 1.54) is 48.5 Å². The highest BCUT2D eigenvalue weighted by Gasteiger charge is 2.47. The smallest absolute Gasteiger partial charge is 0.300 e. The van der Waals surface area contributed by atoms with E-state index in [4.69, 9.17) is 23.2 Å². The van der Waals surface area contributed by atoms with Crippen LogP contribution in [0.2, 0.25) is 10.0 Å². The molecule has 8 heteroatoms. The summed E-state index contributed by atoms with van der Waals surface area (Å²) in [6.07, 6.45) is 0. The molecule has 0 bridgehead atoms. The second-order valence-electron chi connectivity index (χ2n) is 7.38. The summed E-state index contributed by atoms with van der Waals surface area (Å²) in [7, 11) is 0. The van der Waals surface area contributed by atoms with Gasteiger partial charge in [0, 0.05) is 5.56 Å². The van der Waals surface area contributed by atoms with Crippen molar-refractivity contribution in [3.05, 3.63) is 93.0 Å². The first-order valence-corrected chi connectivity index (χ1v) is 10.3. The Kier molecular flexibility index (Phi) is 5.59. The highest BCUT2D eigenvalue weighted by Crippen LogP contribution is 2.45. The molecule has 0 aromatic heterocycles. The molecule has 0 spiro atoms. The Hall–Kier alpha value is -3.48. The van der Waals surface area contributed by atoms with Gasteiger partial charge >= 0.3 is 0 Å². The van der Waals surface area contributed by atoms with Crippen LogP contribution in [0.5, 0.6) is 11.5 Å². The molecule has 1 saturated heterocycles. The molecule has 1 heterocycles. The number of halogens is 2. The Bertz CT molecular complexity index is 1280. The van der Waals surface area contributed by atoms with E-state index in [9.17, 15) is 24.9 Å². The predicted octanol–water partition coefficient (Wildman–Crippen LogP) is 5.34. The molecule has 4 rings (SSSR count). The van der Waals surface area contributed by atoms with Crippen LogP contribution in [-0.4, -0.2) is 27.0 Å². The fourth-order valence-corrected chi connectivity index (χ4v) is 3.98. The van der Waals surface area contributed by atoms with Gasteiger partial charge in [0.1, 0.15) is 17.3 Å². The molecule has 1 aliphatic rings. The van der Waals surface area contributed by atoms with Crippen molar-refractivity contribution in [2.45, 2.75) is 13.0 Å². The number of aromatic hydroxyl groups is 2. The van der Waals surface area contributed by atoms with Crippen molar-refractivity contribution >= 4 is 46.3 Å². The molecular weight excluding hydrogens is 453 g/mol. The average molecular weight is 470 g/mol. The van der Waals surface area contributed by atoms with Crippen molar-refractivity contribution in [2.24, 2.45) is 0 Å². The van der Waals surface area contributed by atoms with E-state index >= 15 is 0 Å². The van der Waals surface area contributed by atoms with Gasteiger partial charge in [0.25, 0.3) is 11.7 Å². The summed E-state index contributed by atoms with van der Waals surface area (Å²) >= 11 is 12.0. The molecule has 1 amide bonds. The molecule has 1 aliphatic heterocycles. The zero-order valence-corrected chi connectivity index (χ0v) is 18.2. The third-order valence-corrected chi connectivity index (χ3v) is 5.98. The van der Waals surface area contributed by atoms with E-state index in [1.807, 2.05) is 0 Å². The Morgan fingerprint density at radius 2 is 1.59 bits per heavy atom. The van der Waals surface area contributed by atoms with Crippen LogP contribution < -0.4 is 4.90 Å². The van der Waals surface area contributed by atoms with Gasteiger partial charge in [-0.3, -0.25) is 14.5 Å². The number of anilines is 1. The Morgan fingerprint density at radius 3 is 2.25 bits per heavy atom. The number of hydrogen-bond acceptors (Lipinski definition) is 5. The van der Waals surface area contributed by atoms with Crippen LogP contribution in [0.3, 0.4) is 0 Å². The van der Waals surface area contributed by atoms with Crippen LogP contribution in [-0.2, 0) is 9.59 Å². The molecule has 1 unspecified atom stereocenters. The first-order valence-electron chi connectivity index (χ1n) is 9.54. The van der Waals surface area contributed by atoms with Crippen molar-refractivity contribution in [3.63, 3.8) is 0 Å². The van der Waals surface area contributed by atoms with E-state index < -0.39 is 23.5 Å². The lowest BCUT2D eigenvalue weighted by molar-refractivity contribution is -0.132. The second kappa shape index (κ2) is 8.22. The van der Waals surface area contributed by atoms with Crippen LogP contribution in [0.4, 0.5) is 5.69 Å². The highest BCUT2D eigenvalue weighted by atomic mass is 35.5. The maximum atomic E-state index is 13.1. The Balaban J connectivity index is 1.99. The number of amides is 1. The third kappa shape index (κ3) is 3.68. The third-order valence-electron chi connectivity index (χ3n) is 5.24. The van der Waals surface area contributed by atoms with Crippen LogP contribution in [0.25, 0.3) is 5.76 Å². The molecule has 3 N–H and O–H groups in total. The number of carbonyl (C=O) groups excluding carboxylic acids is 2. The van der Waals surface area contributed by atoms with E-state index in [0.717, 1.165) is 10.5 Å². The summed E-state index contributed by atoms with van der Waals surface area (Å²) in [6.45, 7) is 1.78. The van der Waals surface area contributed by atoms with Crippen LogP contribution >= 0.6 is 23.2 Å². The molecular formula is C24H17Cl2NO5. The number of carbonyl (C=O) groups is 2. The van der Waals surface area contributed by atoms with Gasteiger partial charge in [-0.05, 0) is 60.5 Å². The van der Waals surface area contributed by atoms with Gasteiger partial charge in [0.15, 0.2) is 0 Å². The average Bonchev–Trinajstić information content (AvgIpc) is 3.02. The normalized spacial score (nSPS) is 17.7. The minimum absolute atomic E-state index is 0.00594. The molecule has 3 aromatic carbocycles. The molecule has 6 nitrogen and oxygen atoms in total. The van der Waals surface area contributed by atoms with E-state index in [1.54, 1.807) is 19.1 Å². The minimum Gasteiger partial charge on any atom is -0.508 e. The van der Waals surface area contributed by atoms with Crippen LogP contribution in [0.15, 0.2) is 66.2 Å². The lowest BCUT2D eigenvalue weighted by atomic mass is 9.95. The van der Waals surface area contributed by atoms with E-state index in [-0.39, 0.29) is 38.4 Å². The van der Waals surface area contributed by atoms with Crippen molar-refractivity contribution in [1.82, 2.24) is 0 Å². The van der Waals surface area contributed by atoms with Gasteiger partial charge < -0.3 is 15.3 Å². The topological polar surface area (TPSA) is 98.1 Å². The fourth-order valence-electron chi connectivity index (χ4n) is 3.68. The molecule has 3 aromatic rings. The van der Waals surface area contributed by atoms with Gasteiger partial charge in [0.05, 0.1) is 27.3 Å². The lowest BCUT2D eigenvalue weighted by Gasteiger charge is -2.26. The number of nitrogens with zero attached hydrogens (tertiary/aromatic N) is 1. The molecule has 0 radical (unpaired) electrons. The summed E-state index contributed by atoms with van der Waals surface area (Å²) < 4.78 is 0. The van der Waals surface area contributed by atoms with Gasteiger partial charge in [-0.15, -0.1) is 0 Å². The maximum Gasteiger partial charge on any atom is 0.300 e. The second-order valence-corrected chi connectivity index (χ2v) is 8.20. The van der Waals surface area contributed by atoms with E-state index in [2.05, 4.69) is 0 Å². The number of aliphatic hydroxyl groups is 1. The zero-order chi connectivity index (χ0) is 23.2. The van der Waals surface area contributed by atoms with Crippen molar-refractivity contribution in [1.29, 1.82) is 0 Å². The van der Waals surface area contributed by atoms with Crippen molar-refractivity contribution in [2.75, 3.05) is 4.90 Å². The number of phenolic OH excluding ortho intramolecular Hbond substituents is 2. The largest absolute Gasteiger partial charge is 0.508 e. The van der Waals surface area contributed by atoms with Gasteiger partial charge in [-0.1, -0.05) is 41.4 Å².